The van der Waals surface area contributed by atoms with Crippen molar-refractivity contribution in [3.63, 3.8) is 0 Å². The number of anilines is 2. The van der Waals surface area contributed by atoms with Crippen molar-refractivity contribution in [3.8, 4) is 11.5 Å². The number of fused-ring (bicyclic) bond motifs is 1. The molecule has 0 radical (unpaired) electrons. The van der Waals surface area contributed by atoms with E-state index in [1.54, 1.807) is 42.5 Å². The molecule has 130 valence electrons. The van der Waals surface area contributed by atoms with Gasteiger partial charge in [0.25, 0.3) is 5.91 Å². The van der Waals surface area contributed by atoms with Crippen LogP contribution >= 0.6 is 11.6 Å². The SMILES string of the molecule is O=C(CCCOc1ccc(Cl)cc1)Nc1ccc2c(c1)OCC(=O)N2. The molecule has 0 saturated heterocycles. The molecule has 3 rings (SSSR count). The highest BCUT2D eigenvalue weighted by atomic mass is 35.5. The van der Waals surface area contributed by atoms with Crippen LogP contribution in [0.15, 0.2) is 42.5 Å². The second-order valence-electron chi connectivity index (χ2n) is 5.50. The molecule has 0 atom stereocenters. The summed E-state index contributed by atoms with van der Waals surface area (Å²) in [6.45, 7) is 0.417. The minimum Gasteiger partial charge on any atom is -0.494 e. The topological polar surface area (TPSA) is 76.7 Å². The van der Waals surface area contributed by atoms with E-state index in [2.05, 4.69) is 10.6 Å². The second kappa shape index (κ2) is 7.90. The highest BCUT2D eigenvalue weighted by Crippen LogP contribution is 2.30. The standard InChI is InChI=1S/C18H17ClN2O4/c19-12-3-6-14(7-4-12)24-9-1-2-17(22)20-13-5-8-15-16(10-13)25-11-18(23)21-15/h3-8,10H,1-2,9,11H2,(H,20,22)(H,21,23). The summed E-state index contributed by atoms with van der Waals surface area (Å²) in [5, 5.41) is 6.16. The van der Waals surface area contributed by atoms with Crippen molar-refractivity contribution in [2.45, 2.75) is 12.8 Å². The number of nitrogens with one attached hydrogen (secondary N) is 2. The maximum absolute atomic E-state index is 12.0. The molecular formula is C18H17ClN2O4. The first kappa shape index (κ1) is 17.1. The van der Waals surface area contributed by atoms with Crippen molar-refractivity contribution >= 4 is 34.8 Å². The normalized spacial score (nSPS) is 12.6. The Morgan fingerprint density at radius 1 is 1.24 bits per heavy atom. The summed E-state index contributed by atoms with van der Waals surface area (Å²) in [7, 11) is 0. The van der Waals surface area contributed by atoms with Gasteiger partial charge in [-0.2, -0.15) is 0 Å². The molecule has 0 aromatic heterocycles. The van der Waals surface area contributed by atoms with Crippen LogP contribution in [0.25, 0.3) is 0 Å². The predicted octanol–water partition coefficient (Wildman–Crippen LogP) is 3.47. The summed E-state index contributed by atoms with van der Waals surface area (Å²) in [4.78, 5) is 23.2. The van der Waals surface area contributed by atoms with E-state index in [1.807, 2.05) is 0 Å². The fraction of sp³-hybridized carbons (Fsp3) is 0.222. The van der Waals surface area contributed by atoms with Crippen LogP contribution in [0.2, 0.25) is 5.02 Å². The van der Waals surface area contributed by atoms with Crippen LogP contribution in [-0.2, 0) is 9.59 Å². The fourth-order valence-corrected chi connectivity index (χ4v) is 2.46. The fourth-order valence-electron chi connectivity index (χ4n) is 2.33. The quantitative estimate of drug-likeness (QED) is 0.773. The van der Waals surface area contributed by atoms with Gasteiger partial charge in [-0.1, -0.05) is 11.6 Å². The van der Waals surface area contributed by atoms with E-state index in [9.17, 15) is 9.59 Å². The van der Waals surface area contributed by atoms with Gasteiger partial charge in [0.1, 0.15) is 11.5 Å². The van der Waals surface area contributed by atoms with Crippen LogP contribution in [-0.4, -0.2) is 25.0 Å². The van der Waals surface area contributed by atoms with E-state index in [0.29, 0.717) is 41.6 Å². The van der Waals surface area contributed by atoms with Gasteiger partial charge in [0, 0.05) is 23.2 Å². The largest absolute Gasteiger partial charge is 0.494 e. The van der Waals surface area contributed by atoms with Crippen molar-refractivity contribution in [3.05, 3.63) is 47.5 Å². The lowest BCUT2D eigenvalue weighted by Crippen LogP contribution is -2.25. The molecule has 0 aliphatic carbocycles. The molecule has 6 nitrogen and oxygen atoms in total. The lowest BCUT2D eigenvalue weighted by atomic mass is 10.2. The zero-order chi connectivity index (χ0) is 17.6. The van der Waals surface area contributed by atoms with Gasteiger partial charge in [-0.3, -0.25) is 9.59 Å². The van der Waals surface area contributed by atoms with Crippen LogP contribution in [0.1, 0.15) is 12.8 Å². The number of carbonyl (C=O) groups excluding carboxylic acids is 2. The Hall–Kier alpha value is -2.73. The third kappa shape index (κ3) is 4.87. The van der Waals surface area contributed by atoms with E-state index >= 15 is 0 Å². The van der Waals surface area contributed by atoms with Gasteiger partial charge in [-0.25, -0.2) is 0 Å². The first-order chi connectivity index (χ1) is 12.1. The molecule has 0 saturated carbocycles. The zero-order valence-corrected chi connectivity index (χ0v) is 14.1. The number of carbonyl (C=O) groups is 2. The number of hydrogen-bond donors (Lipinski definition) is 2. The smallest absolute Gasteiger partial charge is 0.262 e. The van der Waals surface area contributed by atoms with Gasteiger partial charge < -0.3 is 20.1 Å². The summed E-state index contributed by atoms with van der Waals surface area (Å²) >= 11 is 5.81. The molecule has 0 bridgehead atoms. The summed E-state index contributed by atoms with van der Waals surface area (Å²) < 4.78 is 10.9. The van der Waals surface area contributed by atoms with E-state index in [-0.39, 0.29) is 18.4 Å². The maximum Gasteiger partial charge on any atom is 0.262 e. The first-order valence-electron chi connectivity index (χ1n) is 7.85. The van der Waals surface area contributed by atoms with Crippen LogP contribution < -0.4 is 20.1 Å². The van der Waals surface area contributed by atoms with Crippen LogP contribution in [0, 0.1) is 0 Å². The maximum atomic E-state index is 12.0. The van der Waals surface area contributed by atoms with Crippen molar-refractivity contribution in [2.24, 2.45) is 0 Å². The Morgan fingerprint density at radius 3 is 2.84 bits per heavy atom. The highest BCUT2D eigenvalue weighted by molar-refractivity contribution is 6.30. The van der Waals surface area contributed by atoms with Crippen molar-refractivity contribution in [1.82, 2.24) is 0 Å². The summed E-state index contributed by atoms with van der Waals surface area (Å²) in [5.41, 5.74) is 1.23. The molecule has 0 spiro atoms. The molecule has 25 heavy (non-hydrogen) atoms. The molecule has 7 heteroatoms. The van der Waals surface area contributed by atoms with Crippen molar-refractivity contribution in [2.75, 3.05) is 23.8 Å². The minimum absolute atomic E-state index is 0.0214. The number of ether oxygens (including phenoxy) is 2. The van der Waals surface area contributed by atoms with Gasteiger partial charge in [0.2, 0.25) is 5.91 Å². The molecule has 1 aliphatic heterocycles. The van der Waals surface area contributed by atoms with Crippen LogP contribution in [0.5, 0.6) is 11.5 Å². The molecular weight excluding hydrogens is 344 g/mol. The number of hydrogen-bond acceptors (Lipinski definition) is 4. The summed E-state index contributed by atoms with van der Waals surface area (Å²) in [5.74, 6) is 0.964. The monoisotopic (exact) mass is 360 g/mol. The molecule has 2 aromatic carbocycles. The molecule has 2 N–H and O–H groups in total. The summed E-state index contributed by atoms with van der Waals surface area (Å²) in [6.07, 6.45) is 0.925. The third-order valence-electron chi connectivity index (χ3n) is 3.53. The molecule has 0 unspecified atom stereocenters. The van der Waals surface area contributed by atoms with Gasteiger partial charge in [0.05, 0.1) is 12.3 Å². The van der Waals surface area contributed by atoms with E-state index in [4.69, 9.17) is 21.1 Å². The average Bonchev–Trinajstić information content (AvgIpc) is 2.60. The summed E-state index contributed by atoms with van der Waals surface area (Å²) in [6, 6.07) is 12.2. The van der Waals surface area contributed by atoms with Gasteiger partial charge in [-0.05, 0) is 42.8 Å². The number of rotatable bonds is 6. The van der Waals surface area contributed by atoms with Gasteiger partial charge in [-0.15, -0.1) is 0 Å². The second-order valence-corrected chi connectivity index (χ2v) is 5.94. The Balaban J connectivity index is 1.43. The van der Waals surface area contributed by atoms with Gasteiger partial charge >= 0.3 is 0 Å². The number of benzene rings is 2. The predicted molar refractivity (Wildman–Crippen MR) is 95.4 cm³/mol. The van der Waals surface area contributed by atoms with Crippen molar-refractivity contribution < 1.29 is 19.1 Å². The average molecular weight is 361 g/mol. The molecule has 2 amide bonds. The van der Waals surface area contributed by atoms with Crippen LogP contribution in [0.4, 0.5) is 11.4 Å². The molecule has 2 aromatic rings. The third-order valence-corrected chi connectivity index (χ3v) is 3.78. The Kier molecular flexibility index (Phi) is 5.40. The lowest BCUT2D eigenvalue weighted by molar-refractivity contribution is -0.118. The minimum atomic E-state index is -0.190. The Labute approximate surface area is 150 Å². The van der Waals surface area contributed by atoms with E-state index in [0.717, 1.165) is 5.75 Å². The number of halogens is 1. The van der Waals surface area contributed by atoms with E-state index in [1.165, 1.54) is 0 Å². The Morgan fingerprint density at radius 2 is 2.04 bits per heavy atom. The Bertz CT molecular complexity index is 777. The van der Waals surface area contributed by atoms with E-state index < -0.39 is 0 Å². The van der Waals surface area contributed by atoms with Gasteiger partial charge in [0.15, 0.2) is 6.61 Å². The zero-order valence-electron chi connectivity index (χ0n) is 13.4. The number of amides is 2. The molecule has 1 aliphatic rings. The lowest BCUT2D eigenvalue weighted by Gasteiger charge is -2.18. The molecule has 1 heterocycles. The first-order valence-corrected chi connectivity index (χ1v) is 8.23. The molecule has 0 fully saturated rings. The van der Waals surface area contributed by atoms with Crippen LogP contribution in [0.3, 0.4) is 0 Å². The van der Waals surface area contributed by atoms with Crippen molar-refractivity contribution in [1.29, 1.82) is 0 Å². The highest BCUT2D eigenvalue weighted by Gasteiger charge is 2.16.